The van der Waals surface area contributed by atoms with Gasteiger partial charge in [0.2, 0.25) is 11.8 Å². The zero-order valence-electron chi connectivity index (χ0n) is 20.9. The van der Waals surface area contributed by atoms with Gasteiger partial charge in [-0.3, -0.25) is 9.59 Å². The van der Waals surface area contributed by atoms with E-state index < -0.39 is 11.8 Å². The van der Waals surface area contributed by atoms with Crippen molar-refractivity contribution in [3.05, 3.63) is 101 Å². The number of aryl methyl sites for hydroxylation is 1. The lowest BCUT2D eigenvalue weighted by Gasteiger charge is -2.17. The number of nitrogens with zero attached hydrogens (tertiary/aromatic N) is 1. The smallest absolute Gasteiger partial charge is 0.249 e. The van der Waals surface area contributed by atoms with Crippen molar-refractivity contribution in [2.24, 2.45) is 5.10 Å². The van der Waals surface area contributed by atoms with Crippen molar-refractivity contribution in [3.8, 4) is 11.5 Å². The first-order valence-electron chi connectivity index (χ1n) is 11.8. The van der Waals surface area contributed by atoms with Gasteiger partial charge in [0.25, 0.3) is 0 Å². The van der Waals surface area contributed by atoms with E-state index in [4.69, 9.17) is 21.1 Å². The summed E-state index contributed by atoms with van der Waals surface area (Å²) >= 11 is 6.27. The van der Waals surface area contributed by atoms with Crippen LogP contribution < -0.4 is 20.2 Å². The van der Waals surface area contributed by atoms with Gasteiger partial charge in [-0.05, 0) is 56.2 Å². The van der Waals surface area contributed by atoms with E-state index in [0.29, 0.717) is 40.8 Å². The third-order valence-electron chi connectivity index (χ3n) is 5.21. The van der Waals surface area contributed by atoms with Crippen molar-refractivity contribution >= 4 is 35.3 Å². The Hall–Kier alpha value is -4.10. The number of carbonyl (C=O) groups excluding carboxylic acids is 2. The Morgan fingerprint density at radius 2 is 1.78 bits per heavy atom. The Bertz CT molecular complexity index is 1270. The van der Waals surface area contributed by atoms with E-state index in [1.807, 2.05) is 56.3 Å². The van der Waals surface area contributed by atoms with Crippen LogP contribution in [0.5, 0.6) is 11.5 Å². The van der Waals surface area contributed by atoms with Crippen molar-refractivity contribution in [1.29, 1.82) is 0 Å². The summed E-state index contributed by atoms with van der Waals surface area (Å²) in [7, 11) is 0. The Balaban J connectivity index is 1.67. The highest BCUT2D eigenvalue weighted by Gasteiger charge is 2.14. The predicted molar refractivity (Wildman–Crippen MR) is 147 cm³/mol. The molecule has 3 rings (SSSR count). The molecule has 3 aromatic carbocycles. The lowest BCUT2D eigenvalue weighted by atomic mass is 10.1. The first-order valence-corrected chi connectivity index (χ1v) is 12.2. The molecule has 0 aliphatic heterocycles. The van der Waals surface area contributed by atoms with Gasteiger partial charge < -0.3 is 14.8 Å². The van der Waals surface area contributed by atoms with Gasteiger partial charge in [0.05, 0.1) is 12.8 Å². The minimum Gasteiger partial charge on any atom is -0.490 e. The van der Waals surface area contributed by atoms with Crippen molar-refractivity contribution in [1.82, 2.24) is 5.43 Å². The number of ether oxygens (including phenoxy) is 2. The minimum atomic E-state index is -0.531. The zero-order chi connectivity index (χ0) is 26.6. The molecular weight excluding hydrogens is 490 g/mol. The number of nitrogens with one attached hydrogen (secondary N) is 2. The largest absolute Gasteiger partial charge is 0.490 e. The highest BCUT2D eigenvalue weighted by molar-refractivity contribution is 6.31. The molecule has 0 spiro atoms. The number of benzene rings is 3. The fraction of sp³-hybridized carbons (Fsp3) is 0.207. The Morgan fingerprint density at radius 3 is 2.49 bits per heavy atom. The number of amides is 2. The van der Waals surface area contributed by atoms with E-state index in [1.54, 1.807) is 24.3 Å². The fourth-order valence-corrected chi connectivity index (χ4v) is 3.65. The molecule has 7 nitrogen and oxygen atoms in total. The minimum absolute atomic E-state index is 0.276. The van der Waals surface area contributed by atoms with E-state index in [0.717, 1.165) is 16.7 Å². The zero-order valence-corrected chi connectivity index (χ0v) is 21.7. The molecule has 192 valence electrons. The molecule has 8 heteroatoms. The number of anilines is 1. The molecule has 0 aliphatic rings. The molecule has 3 aromatic rings. The van der Waals surface area contributed by atoms with E-state index in [1.165, 1.54) is 6.21 Å². The molecule has 0 saturated heterocycles. The molecule has 0 fully saturated rings. The number of hydrogen-bond acceptors (Lipinski definition) is 5. The molecule has 0 atom stereocenters. The topological polar surface area (TPSA) is 89.0 Å². The van der Waals surface area contributed by atoms with Gasteiger partial charge >= 0.3 is 0 Å². The van der Waals surface area contributed by atoms with Gasteiger partial charge in [-0.15, -0.1) is 6.58 Å². The number of allylic oxidation sites excluding steroid dienone is 1. The van der Waals surface area contributed by atoms with E-state index >= 15 is 0 Å². The average molecular weight is 520 g/mol. The number of halogens is 1. The number of carbonyl (C=O) groups is 2. The van der Waals surface area contributed by atoms with Gasteiger partial charge in [-0.25, -0.2) is 5.43 Å². The third-order valence-corrected chi connectivity index (χ3v) is 5.58. The van der Waals surface area contributed by atoms with Gasteiger partial charge in [-0.1, -0.05) is 53.6 Å². The summed E-state index contributed by atoms with van der Waals surface area (Å²) in [5.41, 5.74) is 6.49. The maximum Gasteiger partial charge on any atom is 0.249 e. The molecule has 2 amide bonds. The molecule has 37 heavy (non-hydrogen) atoms. The number of hydrogen-bond donors (Lipinski definition) is 2. The molecule has 0 heterocycles. The number of rotatable bonds is 12. The normalized spacial score (nSPS) is 10.7. The Labute approximate surface area is 222 Å². The first-order chi connectivity index (χ1) is 17.9. The predicted octanol–water partition coefficient (Wildman–Crippen LogP) is 5.83. The van der Waals surface area contributed by atoms with Crippen LogP contribution in [0, 0.1) is 6.92 Å². The molecule has 0 unspecified atom stereocenters. The quantitative estimate of drug-likeness (QED) is 0.136. The Morgan fingerprint density at radius 1 is 1.03 bits per heavy atom. The standard InChI is InChI=1S/C29H30ClN3O4/c1-4-8-22-15-21(16-26(36-5-2)29(22)37-19-23-9-6-7-10-25(23)30)18-31-33-28(35)17-27(34)32-24-13-11-20(3)12-14-24/h4,6-7,9-16,18H,1,5,8,17,19H2,2-3H3,(H,32,34)(H,33,35). The molecule has 0 aliphatic carbocycles. The molecule has 2 N–H and O–H groups in total. The summed E-state index contributed by atoms with van der Waals surface area (Å²) in [5, 5.41) is 7.31. The molecular formula is C29H30ClN3O4. The van der Waals surface area contributed by atoms with Crippen molar-refractivity contribution < 1.29 is 19.1 Å². The second-order valence-electron chi connectivity index (χ2n) is 8.20. The van der Waals surface area contributed by atoms with Gasteiger partial charge in [0.1, 0.15) is 13.0 Å². The molecule has 0 bridgehead atoms. The highest BCUT2D eigenvalue weighted by Crippen LogP contribution is 2.34. The van der Waals surface area contributed by atoms with Gasteiger partial charge in [0, 0.05) is 21.8 Å². The fourth-order valence-electron chi connectivity index (χ4n) is 3.46. The average Bonchev–Trinajstić information content (AvgIpc) is 2.86. The summed E-state index contributed by atoms with van der Waals surface area (Å²) < 4.78 is 12.0. The second kappa shape index (κ2) is 13.8. The summed E-state index contributed by atoms with van der Waals surface area (Å²) in [6.45, 7) is 8.38. The second-order valence-corrected chi connectivity index (χ2v) is 8.60. The van der Waals surface area contributed by atoms with Crippen molar-refractivity contribution in [2.45, 2.75) is 33.3 Å². The molecule has 0 aromatic heterocycles. The lowest BCUT2D eigenvalue weighted by molar-refractivity contribution is -0.126. The first kappa shape index (κ1) is 27.5. The number of hydrazone groups is 1. The van der Waals surface area contributed by atoms with Crippen LogP contribution in [0.1, 0.15) is 35.6 Å². The highest BCUT2D eigenvalue weighted by atomic mass is 35.5. The van der Waals surface area contributed by atoms with Crippen LogP contribution in [0.3, 0.4) is 0 Å². The maximum absolute atomic E-state index is 12.2. The van der Waals surface area contributed by atoms with Crippen LogP contribution in [-0.2, 0) is 22.6 Å². The molecule has 0 saturated carbocycles. The third kappa shape index (κ3) is 8.51. The van der Waals surface area contributed by atoms with Crippen LogP contribution >= 0.6 is 11.6 Å². The van der Waals surface area contributed by atoms with Crippen LogP contribution in [0.4, 0.5) is 5.69 Å². The van der Waals surface area contributed by atoms with Crippen molar-refractivity contribution in [3.63, 3.8) is 0 Å². The molecule has 0 radical (unpaired) electrons. The van der Waals surface area contributed by atoms with E-state index in [9.17, 15) is 9.59 Å². The summed E-state index contributed by atoms with van der Waals surface area (Å²) in [6.07, 6.45) is 3.43. The summed E-state index contributed by atoms with van der Waals surface area (Å²) in [6, 6.07) is 18.5. The summed E-state index contributed by atoms with van der Waals surface area (Å²) in [5.74, 6) is 0.176. The van der Waals surface area contributed by atoms with Crippen LogP contribution in [-0.4, -0.2) is 24.6 Å². The van der Waals surface area contributed by atoms with Crippen molar-refractivity contribution in [2.75, 3.05) is 11.9 Å². The SMILES string of the molecule is C=CCc1cc(C=NNC(=O)CC(=O)Nc2ccc(C)cc2)cc(OCC)c1OCc1ccccc1Cl. The van der Waals surface area contributed by atoms with E-state index in [-0.39, 0.29) is 13.0 Å². The lowest BCUT2D eigenvalue weighted by Crippen LogP contribution is -2.24. The van der Waals surface area contributed by atoms with Crippen LogP contribution in [0.2, 0.25) is 5.02 Å². The van der Waals surface area contributed by atoms with Crippen LogP contribution in [0.25, 0.3) is 0 Å². The monoisotopic (exact) mass is 519 g/mol. The van der Waals surface area contributed by atoms with Gasteiger partial charge in [0.15, 0.2) is 11.5 Å². The van der Waals surface area contributed by atoms with Gasteiger partial charge in [-0.2, -0.15) is 5.10 Å². The van der Waals surface area contributed by atoms with E-state index in [2.05, 4.69) is 22.4 Å². The maximum atomic E-state index is 12.2. The van der Waals surface area contributed by atoms with Crippen LogP contribution in [0.15, 0.2) is 78.4 Å². The Kier molecular flexibility index (Phi) is 10.3. The summed E-state index contributed by atoms with van der Waals surface area (Å²) in [4.78, 5) is 24.3.